The normalized spacial score (nSPS) is 18.8. The van der Waals surface area contributed by atoms with Crippen molar-refractivity contribution in [2.45, 2.75) is 45.6 Å². The third-order valence-corrected chi connectivity index (χ3v) is 4.46. The zero-order chi connectivity index (χ0) is 13.1. The summed E-state index contributed by atoms with van der Waals surface area (Å²) in [5.41, 5.74) is 2.81. The second-order valence-electron chi connectivity index (χ2n) is 6.19. The van der Waals surface area contributed by atoms with Crippen molar-refractivity contribution in [3.8, 4) is 0 Å². The van der Waals surface area contributed by atoms with Crippen LogP contribution >= 0.6 is 0 Å². The molecule has 0 spiro atoms. The number of hydrogen-bond donors (Lipinski definition) is 2. The van der Waals surface area contributed by atoms with Crippen LogP contribution in [0.25, 0.3) is 11.0 Å². The number of aromatic amines is 1. The third-order valence-electron chi connectivity index (χ3n) is 4.46. The van der Waals surface area contributed by atoms with Gasteiger partial charge in [0.1, 0.15) is 5.65 Å². The van der Waals surface area contributed by atoms with Gasteiger partial charge in [0.05, 0.1) is 0 Å². The summed E-state index contributed by atoms with van der Waals surface area (Å²) >= 11 is 0. The molecule has 0 aliphatic heterocycles. The monoisotopic (exact) mass is 257 g/mol. The highest BCUT2D eigenvalue weighted by Crippen LogP contribution is 2.35. The predicted molar refractivity (Wildman–Crippen MR) is 79.0 cm³/mol. The van der Waals surface area contributed by atoms with E-state index in [0.29, 0.717) is 5.41 Å². The standard InChI is InChI=1S/C16H23N3/c1-16(7-3-2-4-8-16)12-17-10-13-11-19-15-14(13)6-5-9-18-15/h5-6,9,11,17H,2-4,7-8,10,12H2,1H3,(H,18,19). The number of nitrogens with zero attached hydrogens (tertiary/aromatic N) is 1. The Kier molecular flexibility index (Phi) is 3.56. The number of rotatable bonds is 4. The smallest absolute Gasteiger partial charge is 0.137 e. The van der Waals surface area contributed by atoms with Gasteiger partial charge in [0.2, 0.25) is 0 Å². The zero-order valence-corrected chi connectivity index (χ0v) is 11.7. The van der Waals surface area contributed by atoms with Crippen LogP contribution in [-0.4, -0.2) is 16.5 Å². The van der Waals surface area contributed by atoms with Gasteiger partial charge in [0, 0.05) is 30.9 Å². The van der Waals surface area contributed by atoms with Crippen LogP contribution in [0, 0.1) is 5.41 Å². The Hall–Kier alpha value is -1.35. The van der Waals surface area contributed by atoms with E-state index in [1.165, 1.54) is 43.1 Å². The number of aromatic nitrogens is 2. The fourth-order valence-electron chi connectivity index (χ4n) is 3.24. The summed E-state index contributed by atoms with van der Waals surface area (Å²) < 4.78 is 0. The predicted octanol–water partition coefficient (Wildman–Crippen LogP) is 3.62. The number of H-pyrrole nitrogens is 1. The number of pyridine rings is 1. The number of fused-ring (bicyclic) bond motifs is 1. The SMILES string of the molecule is CC1(CNCc2c[nH]c3ncccc23)CCCCC1. The highest BCUT2D eigenvalue weighted by atomic mass is 14.9. The minimum absolute atomic E-state index is 0.503. The van der Waals surface area contributed by atoms with E-state index in [1.54, 1.807) is 0 Å². The molecule has 1 aliphatic carbocycles. The first kappa shape index (κ1) is 12.7. The van der Waals surface area contributed by atoms with Crippen molar-refractivity contribution in [3.63, 3.8) is 0 Å². The summed E-state index contributed by atoms with van der Waals surface area (Å²) in [5.74, 6) is 0. The molecule has 3 nitrogen and oxygen atoms in total. The highest BCUT2D eigenvalue weighted by Gasteiger charge is 2.26. The van der Waals surface area contributed by atoms with Crippen LogP contribution in [0.3, 0.4) is 0 Å². The Labute approximate surface area is 114 Å². The van der Waals surface area contributed by atoms with Crippen molar-refractivity contribution in [2.75, 3.05) is 6.54 Å². The quantitative estimate of drug-likeness (QED) is 0.878. The highest BCUT2D eigenvalue weighted by molar-refractivity contribution is 5.79. The lowest BCUT2D eigenvalue weighted by molar-refractivity contribution is 0.207. The maximum Gasteiger partial charge on any atom is 0.137 e. The summed E-state index contributed by atoms with van der Waals surface area (Å²) in [6, 6.07) is 4.14. The van der Waals surface area contributed by atoms with E-state index in [9.17, 15) is 0 Å². The number of nitrogens with one attached hydrogen (secondary N) is 2. The van der Waals surface area contributed by atoms with Crippen LogP contribution in [0.4, 0.5) is 0 Å². The second-order valence-corrected chi connectivity index (χ2v) is 6.19. The van der Waals surface area contributed by atoms with E-state index >= 15 is 0 Å². The molecule has 0 aromatic carbocycles. The van der Waals surface area contributed by atoms with Gasteiger partial charge in [0.25, 0.3) is 0 Å². The lowest BCUT2D eigenvalue weighted by atomic mass is 9.76. The molecule has 0 radical (unpaired) electrons. The summed E-state index contributed by atoms with van der Waals surface area (Å²) in [7, 11) is 0. The largest absolute Gasteiger partial charge is 0.346 e. The van der Waals surface area contributed by atoms with Crippen LogP contribution in [0.15, 0.2) is 24.5 Å². The van der Waals surface area contributed by atoms with Crippen LogP contribution in [0.2, 0.25) is 0 Å². The third kappa shape index (κ3) is 2.81. The van der Waals surface area contributed by atoms with E-state index in [1.807, 2.05) is 12.3 Å². The van der Waals surface area contributed by atoms with Gasteiger partial charge in [0.15, 0.2) is 0 Å². The molecule has 102 valence electrons. The first-order chi connectivity index (χ1) is 9.27. The molecule has 0 bridgehead atoms. The van der Waals surface area contributed by atoms with Gasteiger partial charge < -0.3 is 10.3 Å². The van der Waals surface area contributed by atoms with Gasteiger partial charge in [-0.05, 0) is 36.0 Å². The minimum atomic E-state index is 0.503. The molecule has 3 rings (SSSR count). The van der Waals surface area contributed by atoms with Crippen molar-refractivity contribution >= 4 is 11.0 Å². The molecule has 2 aromatic heterocycles. The Bertz CT molecular complexity index is 538. The molecule has 0 amide bonds. The second kappa shape index (κ2) is 5.33. The van der Waals surface area contributed by atoms with Gasteiger partial charge in [-0.15, -0.1) is 0 Å². The molecule has 1 saturated carbocycles. The van der Waals surface area contributed by atoms with E-state index < -0.39 is 0 Å². The van der Waals surface area contributed by atoms with Gasteiger partial charge in [-0.1, -0.05) is 26.2 Å². The molecule has 0 atom stereocenters. The van der Waals surface area contributed by atoms with Crippen molar-refractivity contribution in [3.05, 3.63) is 30.1 Å². The molecule has 19 heavy (non-hydrogen) atoms. The van der Waals surface area contributed by atoms with E-state index in [0.717, 1.165) is 18.7 Å². The topological polar surface area (TPSA) is 40.7 Å². The van der Waals surface area contributed by atoms with Gasteiger partial charge in [-0.25, -0.2) is 4.98 Å². The molecule has 1 aliphatic rings. The Morgan fingerprint density at radius 1 is 1.32 bits per heavy atom. The minimum Gasteiger partial charge on any atom is -0.346 e. The van der Waals surface area contributed by atoms with Gasteiger partial charge in [-0.3, -0.25) is 0 Å². The van der Waals surface area contributed by atoms with Crippen LogP contribution in [-0.2, 0) is 6.54 Å². The van der Waals surface area contributed by atoms with Crippen molar-refractivity contribution in [2.24, 2.45) is 5.41 Å². The summed E-state index contributed by atoms with van der Waals surface area (Å²) in [6.07, 6.45) is 10.9. The first-order valence-corrected chi connectivity index (χ1v) is 7.39. The number of hydrogen-bond acceptors (Lipinski definition) is 2. The maximum atomic E-state index is 4.33. The maximum absolute atomic E-state index is 4.33. The van der Waals surface area contributed by atoms with Crippen LogP contribution < -0.4 is 5.32 Å². The molecule has 2 aromatic rings. The van der Waals surface area contributed by atoms with Gasteiger partial charge in [-0.2, -0.15) is 0 Å². The molecular weight excluding hydrogens is 234 g/mol. The average Bonchev–Trinajstić information content (AvgIpc) is 2.83. The molecular formula is C16H23N3. The molecule has 2 heterocycles. The van der Waals surface area contributed by atoms with Crippen molar-refractivity contribution in [1.82, 2.24) is 15.3 Å². The summed E-state index contributed by atoms with van der Waals surface area (Å²) in [5, 5.41) is 4.88. The molecule has 3 heteroatoms. The van der Waals surface area contributed by atoms with E-state index in [-0.39, 0.29) is 0 Å². The van der Waals surface area contributed by atoms with E-state index in [4.69, 9.17) is 0 Å². The Balaban J connectivity index is 1.60. The van der Waals surface area contributed by atoms with Crippen LogP contribution in [0.1, 0.15) is 44.6 Å². The Morgan fingerprint density at radius 2 is 2.16 bits per heavy atom. The fourth-order valence-corrected chi connectivity index (χ4v) is 3.24. The summed E-state index contributed by atoms with van der Waals surface area (Å²) in [4.78, 5) is 7.57. The van der Waals surface area contributed by atoms with Gasteiger partial charge >= 0.3 is 0 Å². The Morgan fingerprint density at radius 3 is 3.00 bits per heavy atom. The van der Waals surface area contributed by atoms with Crippen molar-refractivity contribution in [1.29, 1.82) is 0 Å². The van der Waals surface area contributed by atoms with Crippen molar-refractivity contribution < 1.29 is 0 Å². The first-order valence-electron chi connectivity index (χ1n) is 7.39. The molecule has 1 fully saturated rings. The molecule has 0 saturated heterocycles. The lowest BCUT2D eigenvalue weighted by Gasteiger charge is -2.33. The zero-order valence-electron chi connectivity index (χ0n) is 11.7. The van der Waals surface area contributed by atoms with E-state index in [2.05, 4.69) is 34.5 Å². The fraction of sp³-hybridized carbons (Fsp3) is 0.562. The van der Waals surface area contributed by atoms with Crippen LogP contribution in [0.5, 0.6) is 0 Å². The molecule has 0 unspecified atom stereocenters. The lowest BCUT2D eigenvalue weighted by Crippen LogP contribution is -2.33. The average molecular weight is 257 g/mol. The summed E-state index contributed by atoms with van der Waals surface area (Å²) in [6.45, 7) is 4.48. The molecule has 2 N–H and O–H groups in total.